The quantitative estimate of drug-likeness (QED) is 0.536. The van der Waals surface area contributed by atoms with Crippen LogP contribution in [-0.2, 0) is 0 Å². The van der Waals surface area contributed by atoms with Gasteiger partial charge in [0.15, 0.2) is 0 Å². The van der Waals surface area contributed by atoms with Crippen LogP contribution in [-0.4, -0.2) is 0 Å². The minimum absolute atomic E-state index is 0. The number of hydrogen-bond acceptors (Lipinski definition) is 0. The van der Waals surface area contributed by atoms with Gasteiger partial charge in [0.2, 0.25) is 0 Å². The van der Waals surface area contributed by atoms with E-state index in [0.29, 0.717) is 0 Å². The Morgan fingerprint density at radius 1 is 0.700 bits per heavy atom. The van der Waals surface area contributed by atoms with Crippen LogP contribution in [0, 0.1) is 0 Å². The van der Waals surface area contributed by atoms with E-state index in [1.807, 2.05) is 0 Å². The lowest BCUT2D eigenvalue weighted by atomic mass is 10.1. The molecule has 0 atom stereocenters. The Kier molecular flexibility index (Phi) is 11.5. The largest absolute Gasteiger partial charge is 0.147 e. The van der Waals surface area contributed by atoms with Crippen molar-refractivity contribution in [3.8, 4) is 0 Å². The Morgan fingerprint density at radius 3 is 1.50 bits per heavy atom. The molecule has 0 aromatic heterocycles. The zero-order valence-corrected chi connectivity index (χ0v) is 7.59. The summed E-state index contributed by atoms with van der Waals surface area (Å²) in [4.78, 5) is 0. The number of allylic oxidation sites excluding steroid dienone is 4. The Balaban J connectivity index is 0. The average Bonchev–Trinajstić information content (AvgIpc) is 1.62. The van der Waals surface area contributed by atoms with Gasteiger partial charge in [-0.25, -0.2) is 0 Å². The van der Waals surface area contributed by atoms with Crippen molar-refractivity contribution in [2.24, 2.45) is 0 Å². The molecule has 0 aromatic rings. The number of rotatable bonds is 0. The summed E-state index contributed by atoms with van der Waals surface area (Å²) >= 11 is 0. The summed E-state index contributed by atoms with van der Waals surface area (Å²) in [6.07, 6.45) is 14.0. The molecular weight excluding hydrogens is 167 g/mol. The monoisotopic (exact) mass is 180 g/mol. The van der Waals surface area contributed by atoms with E-state index < -0.39 is 0 Å². The molecule has 2 heteroatoms. The molecule has 10 heavy (non-hydrogen) atoms. The van der Waals surface area contributed by atoms with Gasteiger partial charge < -0.3 is 0 Å². The zero-order valence-electron chi connectivity index (χ0n) is 5.95. The third-order valence-corrected chi connectivity index (χ3v) is 1.37. The van der Waals surface area contributed by atoms with Gasteiger partial charge in [-0.1, -0.05) is 24.3 Å². The van der Waals surface area contributed by atoms with Crippen LogP contribution >= 0.6 is 24.8 Å². The summed E-state index contributed by atoms with van der Waals surface area (Å²) in [6.45, 7) is 0. The van der Waals surface area contributed by atoms with Gasteiger partial charge in [0.1, 0.15) is 0 Å². The van der Waals surface area contributed by atoms with Gasteiger partial charge in [-0.3, -0.25) is 0 Å². The van der Waals surface area contributed by atoms with Crippen molar-refractivity contribution in [3.05, 3.63) is 24.3 Å². The first-order valence-corrected chi connectivity index (χ1v) is 3.32. The van der Waals surface area contributed by atoms with E-state index >= 15 is 0 Å². The highest BCUT2D eigenvalue weighted by molar-refractivity contribution is 5.85. The first-order valence-electron chi connectivity index (χ1n) is 3.32. The fourth-order valence-corrected chi connectivity index (χ4v) is 0.874. The van der Waals surface area contributed by atoms with Crippen LogP contribution < -0.4 is 0 Å². The van der Waals surface area contributed by atoms with Crippen molar-refractivity contribution in [2.45, 2.75) is 25.7 Å². The average molecular weight is 181 g/mol. The Morgan fingerprint density at radius 2 is 1.10 bits per heavy atom. The number of halogens is 2. The zero-order chi connectivity index (χ0) is 5.66. The SMILES string of the molecule is C1=CCCCCC=C1.Cl.Cl. The predicted octanol–water partition coefficient (Wildman–Crippen LogP) is 3.52. The maximum atomic E-state index is 2.23. The van der Waals surface area contributed by atoms with Gasteiger partial charge in [-0.2, -0.15) is 0 Å². The summed E-state index contributed by atoms with van der Waals surface area (Å²) in [5.41, 5.74) is 0. The van der Waals surface area contributed by atoms with Gasteiger partial charge >= 0.3 is 0 Å². The van der Waals surface area contributed by atoms with Gasteiger partial charge in [-0.05, 0) is 25.7 Å². The molecule has 0 unspecified atom stereocenters. The lowest BCUT2D eigenvalue weighted by molar-refractivity contribution is 0.758. The molecule has 1 aliphatic carbocycles. The molecule has 0 heterocycles. The molecule has 0 bridgehead atoms. The van der Waals surface area contributed by atoms with E-state index in [1.165, 1.54) is 25.7 Å². The normalized spacial score (nSPS) is 16.0. The Labute approximate surface area is 75.2 Å². The lowest BCUT2D eigenvalue weighted by Crippen LogP contribution is -1.74. The first kappa shape index (κ1) is 12.7. The smallest absolute Gasteiger partial charge is 0.0347 e. The molecule has 0 spiro atoms. The summed E-state index contributed by atoms with van der Waals surface area (Å²) < 4.78 is 0. The molecule has 0 saturated carbocycles. The third-order valence-electron chi connectivity index (χ3n) is 1.37. The van der Waals surface area contributed by atoms with Crippen LogP contribution in [0.4, 0.5) is 0 Å². The molecule has 60 valence electrons. The molecule has 1 rings (SSSR count). The second-order valence-electron chi connectivity index (χ2n) is 2.14. The van der Waals surface area contributed by atoms with Gasteiger partial charge in [0.05, 0.1) is 0 Å². The molecule has 0 radical (unpaired) electrons. The van der Waals surface area contributed by atoms with E-state index in [2.05, 4.69) is 24.3 Å². The summed E-state index contributed by atoms with van der Waals surface area (Å²) in [5, 5.41) is 0. The van der Waals surface area contributed by atoms with Crippen LogP contribution in [0.2, 0.25) is 0 Å². The van der Waals surface area contributed by atoms with Crippen molar-refractivity contribution in [1.82, 2.24) is 0 Å². The van der Waals surface area contributed by atoms with Crippen LogP contribution in [0.15, 0.2) is 24.3 Å². The third kappa shape index (κ3) is 6.18. The maximum Gasteiger partial charge on any atom is -0.0347 e. The summed E-state index contributed by atoms with van der Waals surface area (Å²) in [5.74, 6) is 0. The van der Waals surface area contributed by atoms with Gasteiger partial charge in [0, 0.05) is 0 Å². The fraction of sp³-hybridized carbons (Fsp3) is 0.500. The molecule has 1 aliphatic rings. The standard InChI is InChI=1S/C8H12.2ClH/c1-2-4-6-8-7-5-3-1;;/h1-4H,5-8H2;2*1H. The fourth-order valence-electron chi connectivity index (χ4n) is 0.874. The van der Waals surface area contributed by atoms with Crippen molar-refractivity contribution < 1.29 is 0 Å². The Bertz CT molecular complexity index is 91.8. The predicted molar refractivity (Wildman–Crippen MR) is 51.2 cm³/mol. The summed E-state index contributed by atoms with van der Waals surface area (Å²) in [6, 6.07) is 0. The molecule has 0 fully saturated rings. The van der Waals surface area contributed by atoms with E-state index in [1.54, 1.807) is 0 Å². The minimum Gasteiger partial charge on any atom is -0.147 e. The molecule has 0 aliphatic heterocycles. The highest BCUT2D eigenvalue weighted by atomic mass is 35.5. The van der Waals surface area contributed by atoms with E-state index in [0.717, 1.165) is 0 Å². The second kappa shape index (κ2) is 9.06. The van der Waals surface area contributed by atoms with Crippen LogP contribution in [0.1, 0.15) is 25.7 Å². The molecule has 0 N–H and O–H groups in total. The highest BCUT2D eigenvalue weighted by Crippen LogP contribution is 2.04. The van der Waals surface area contributed by atoms with Crippen molar-refractivity contribution in [1.29, 1.82) is 0 Å². The van der Waals surface area contributed by atoms with E-state index in [-0.39, 0.29) is 24.8 Å². The topological polar surface area (TPSA) is 0 Å². The van der Waals surface area contributed by atoms with Crippen molar-refractivity contribution in [2.75, 3.05) is 0 Å². The van der Waals surface area contributed by atoms with Gasteiger partial charge in [0.25, 0.3) is 0 Å². The van der Waals surface area contributed by atoms with Crippen LogP contribution in [0.5, 0.6) is 0 Å². The lowest BCUT2D eigenvalue weighted by Gasteiger charge is -1.94. The number of hydrogen-bond donors (Lipinski definition) is 0. The van der Waals surface area contributed by atoms with E-state index in [4.69, 9.17) is 0 Å². The van der Waals surface area contributed by atoms with Crippen LogP contribution in [0.25, 0.3) is 0 Å². The molecule has 0 nitrogen and oxygen atoms in total. The van der Waals surface area contributed by atoms with Crippen LogP contribution in [0.3, 0.4) is 0 Å². The molecule has 0 saturated heterocycles. The van der Waals surface area contributed by atoms with Gasteiger partial charge in [-0.15, -0.1) is 24.8 Å². The van der Waals surface area contributed by atoms with Crippen molar-refractivity contribution >= 4 is 24.8 Å². The van der Waals surface area contributed by atoms with Crippen molar-refractivity contribution in [3.63, 3.8) is 0 Å². The minimum atomic E-state index is 0. The molecule has 0 amide bonds. The maximum absolute atomic E-state index is 2.23. The molecular formula is C8H14Cl2. The highest BCUT2D eigenvalue weighted by Gasteiger charge is 1.84. The second-order valence-corrected chi connectivity index (χ2v) is 2.14. The first-order chi connectivity index (χ1) is 4.00. The Hall–Kier alpha value is 0.0600. The van der Waals surface area contributed by atoms with E-state index in [9.17, 15) is 0 Å². The molecule has 0 aromatic carbocycles. The summed E-state index contributed by atoms with van der Waals surface area (Å²) in [7, 11) is 0.